The Labute approximate surface area is 86.3 Å². The van der Waals surface area contributed by atoms with E-state index in [1.54, 1.807) is 6.92 Å². The molecule has 1 aromatic rings. The standard InChI is InChI=1S/C10H12O5/c1-7(2)9(11)13-5-3-4-8-6-14-10(12)15-8/h6H,1,3-5H2,2H3. The molecule has 1 aromatic heterocycles. The highest BCUT2D eigenvalue weighted by molar-refractivity contribution is 5.86. The van der Waals surface area contributed by atoms with E-state index in [0.29, 0.717) is 24.2 Å². The second-order valence-corrected chi connectivity index (χ2v) is 3.07. The minimum atomic E-state index is -0.719. The lowest BCUT2D eigenvalue weighted by molar-refractivity contribution is -0.139. The third kappa shape index (κ3) is 3.84. The van der Waals surface area contributed by atoms with E-state index in [2.05, 4.69) is 15.4 Å². The average Bonchev–Trinajstić information content (AvgIpc) is 2.58. The van der Waals surface area contributed by atoms with E-state index >= 15 is 0 Å². The zero-order valence-corrected chi connectivity index (χ0v) is 8.45. The van der Waals surface area contributed by atoms with E-state index < -0.39 is 11.8 Å². The Hall–Kier alpha value is -1.78. The van der Waals surface area contributed by atoms with Crippen molar-refractivity contribution < 1.29 is 18.4 Å². The van der Waals surface area contributed by atoms with Crippen molar-refractivity contribution >= 4 is 5.97 Å². The maximum absolute atomic E-state index is 10.9. The van der Waals surface area contributed by atoms with Crippen LogP contribution in [-0.4, -0.2) is 12.6 Å². The number of hydrogen-bond donors (Lipinski definition) is 0. The zero-order chi connectivity index (χ0) is 11.3. The van der Waals surface area contributed by atoms with Gasteiger partial charge in [-0.05, 0) is 13.3 Å². The Kier molecular flexibility index (Phi) is 3.91. The fourth-order valence-corrected chi connectivity index (χ4v) is 0.913. The number of rotatable bonds is 5. The molecule has 5 heteroatoms. The summed E-state index contributed by atoms with van der Waals surface area (Å²) in [6.07, 6.45) is 2.32. The SMILES string of the molecule is C=C(C)C(=O)OCCCc1coc(=O)o1. The van der Waals surface area contributed by atoms with Crippen LogP contribution in [0.15, 0.2) is 32.0 Å². The molecule has 0 aliphatic carbocycles. The van der Waals surface area contributed by atoms with Gasteiger partial charge in [0.1, 0.15) is 12.0 Å². The van der Waals surface area contributed by atoms with Crippen LogP contribution >= 0.6 is 0 Å². The van der Waals surface area contributed by atoms with Crippen molar-refractivity contribution in [2.75, 3.05) is 6.61 Å². The van der Waals surface area contributed by atoms with Crippen LogP contribution in [-0.2, 0) is 16.0 Å². The molecule has 0 saturated heterocycles. The number of ether oxygens (including phenoxy) is 1. The molecule has 0 unspecified atom stereocenters. The van der Waals surface area contributed by atoms with Gasteiger partial charge in [-0.1, -0.05) is 6.58 Å². The van der Waals surface area contributed by atoms with Crippen LogP contribution in [0.4, 0.5) is 0 Å². The van der Waals surface area contributed by atoms with Gasteiger partial charge in [-0.25, -0.2) is 9.59 Å². The van der Waals surface area contributed by atoms with Gasteiger partial charge in [0.25, 0.3) is 0 Å². The van der Waals surface area contributed by atoms with E-state index in [1.165, 1.54) is 6.26 Å². The Morgan fingerprint density at radius 1 is 1.60 bits per heavy atom. The molecule has 0 saturated carbocycles. The summed E-state index contributed by atoms with van der Waals surface area (Å²) in [6.45, 7) is 5.29. The van der Waals surface area contributed by atoms with Gasteiger partial charge in [0.05, 0.1) is 6.61 Å². The Morgan fingerprint density at radius 2 is 2.33 bits per heavy atom. The molecule has 0 fully saturated rings. The predicted octanol–water partition coefficient (Wildman–Crippen LogP) is 1.28. The largest absolute Gasteiger partial charge is 0.518 e. The molecule has 0 aliphatic heterocycles. The topological polar surface area (TPSA) is 69.7 Å². The molecule has 0 amide bonds. The summed E-state index contributed by atoms with van der Waals surface area (Å²) in [6, 6.07) is 0. The molecular formula is C10H12O5. The van der Waals surface area contributed by atoms with Crippen LogP contribution in [0.25, 0.3) is 0 Å². The smallest absolute Gasteiger partial charge is 0.462 e. The minimum Gasteiger partial charge on any atom is -0.462 e. The van der Waals surface area contributed by atoms with Gasteiger partial charge in [-0.15, -0.1) is 0 Å². The summed E-state index contributed by atoms with van der Waals surface area (Å²) in [7, 11) is 0. The van der Waals surface area contributed by atoms with Gasteiger partial charge in [-0.3, -0.25) is 0 Å². The van der Waals surface area contributed by atoms with Crippen LogP contribution in [0.2, 0.25) is 0 Å². The van der Waals surface area contributed by atoms with Crippen LogP contribution in [0, 0.1) is 0 Å². The molecule has 0 spiro atoms. The number of carbonyl (C=O) groups is 1. The lowest BCUT2D eigenvalue weighted by atomic mass is 10.3. The van der Waals surface area contributed by atoms with Gasteiger partial charge in [0, 0.05) is 12.0 Å². The van der Waals surface area contributed by atoms with Crippen LogP contribution in [0.3, 0.4) is 0 Å². The summed E-state index contributed by atoms with van der Waals surface area (Å²) in [5, 5.41) is 0. The van der Waals surface area contributed by atoms with Gasteiger partial charge < -0.3 is 13.6 Å². The molecule has 15 heavy (non-hydrogen) atoms. The number of aryl methyl sites for hydroxylation is 1. The second kappa shape index (κ2) is 5.19. The number of hydrogen-bond acceptors (Lipinski definition) is 5. The van der Waals surface area contributed by atoms with E-state index in [1.807, 2.05) is 0 Å². The summed E-state index contributed by atoms with van der Waals surface area (Å²) in [5.41, 5.74) is 0.366. The van der Waals surface area contributed by atoms with Crippen LogP contribution in [0.5, 0.6) is 0 Å². The minimum absolute atomic E-state index is 0.264. The van der Waals surface area contributed by atoms with Crippen molar-refractivity contribution in [3.63, 3.8) is 0 Å². The lowest BCUT2D eigenvalue weighted by Crippen LogP contribution is -2.06. The second-order valence-electron chi connectivity index (χ2n) is 3.07. The highest BCUT2D eigenvalue weighted by atomic mass is 16.6. The summed E-state index contributed by atoms with van der Waals surface area (Å²) < 4.78 is 13.9. The zero-order valence-electron chi connectivity index (χ0n) is 8.45. The Morgan fingerprint density at radius 3 is 2.87 bits per heavy atom. The molecule has 0 radical (unpaired) electrons. The van der Waals surface area contributed by atoms with Crippen molar-refractivity contribution in [2.45, 2.75) is 19.8 Å². The molecule has 5 nitrogen and oxygen atoms in total. The third-order valence-corrected chi connectivity index (χ3v) is 1.65. The Bertz CT molecular complexity index is 398. The highest BCUT2D eigenvalue weighted by Crippen LogP contribution is 2.01. The molecule has 0 atom stereocenters. The maximum Gasteiger partial charge on any atom is 0.518 e. The summed E-state index contributed by atoms with van der Waals surface area (Å²) >= 11 is 0. The van der Waals surface area contributed by atoms with E-state index in [0.717, 1.165) is 0 Å². The van der Waals surface area contributed by atoms with E-state index in [9.17, 15) is 9.59 Å². The molecular weight excluding hydrogens is 200 g/mol. The molecule has 1 rings (SSSR count). The van der Waals surface area contributed by atoms with Gasteiger partial charge in [0.15, 0.2) is 0 Å². The first-order valence-corrected chi connectivity index (χ1v) is 4.49. The first-order valence-electron chi connectivity index (χ1n) is 4.49. The summed E-state index contributed by atoms with van der Waals surface area (Å²) in [4.78, 5) is 21.4. The first-order chi connectivity index (χ1) is 7.09. The van der Waals surface area contributed by atoms with Crippen molar-refractivity contribution in [2.24, 2.45) is 0 Å². The first kappa shape index (κ1) is 11.3. The monoisotopic (exact) mass is 212 g/mol. The molecule has 1 heterocycles. The quantitative estimate of drug-likeness (QED) is 0.418. The van der Waals surface area contributed by atoms with Crippen molar-refractivity contribution in [3.05, 3.63) is 34.8 Å². The van der Waals surface area contributed by atoms with Crippen molar-refractivity contribution in [1.82, 2.24) is 0 Å². The van der Waals surface area contributed by atoms with Crippen molar-refractivity contribution in [1.29, 1.82) is 0 Å². The fourth-order valence-electron chi connectivity index (χ4n) is 0.913. The fraction of sp³-hybridized carbons (Fsp3) is 0.400. The van der Waals surface area contributed by atoms with E-state index in [-0.39, 0.29) is 6.61 Å². The number of carbonyl (C=O) groups excluding carboxylic acids is 1. The lowest BCUT2D eigenvalue weighted by Gasteiger charge is -2.02. The summed E-state index contributed by atoms with van der Waals surface area (Å²) in [5.74, 6) is -0.682. The normalized spacial score (nSPS) is 9.93. The molecule has 0 aromatic carbocycles. The van der Waals surface area contributed by atoms with Gasteiger partial charge in [0.2, 0.25) is 0 Å². The number of esters is 1. The third-order valence-electron chi connectivity index (χ3n) is 1.65. The highest BCUT2D eigenvalue weighted by Gasteiger charge is 2.04. The van der Waals surface area contributed by atoms with Gasteiger partial charge >= 0.3 is 11.8 Å². The van der Waals surface area contributed by atoms with Crippen LogP contribution in [0.1, 0.15) is 19.1 Å². The van der Waals surface area contributed by atoms with Crippen molar-refractivity contribution in [3.8, 4) is 0 Å². The maximum atomic E-state index is 10.9. The molecule has 0 bridgehead atoms. The van der Waals surface area contributed by atoms with Crippen LogP contribution < -0.4 is 5.82 Å². The van der Waals surface area contributed by atoms with Gasteiger partial charge in [-0.2, -0.15) is 0 Å². The average molecular weight is 212 g/mol. The molecule has 0 aliphatic rings. The predicted molar refractivity (Wildman–Crippen MR) is 51.3 cm³/mol. The molecule has 0 N–H and O–H groups in total. The van der Waals surface area contributed by atoms with E-state index in [4.69, 9.17) is 4.74 Å². The molecule has 82 valence electrons. The Balaban J connectivity index is 2.20.